The molecule has 0 spiro atoms. The molecule has 3 rings (SSSR count). The first kappa shape index (κ1) is 31.4. The summed E-state index contributed by atoms with van der Waals surface area (Å²) in [6.07, 6.45) is 5.58. The highest BCUT2D eigenvalue weighted by Gasteiger charge is 2.71. The first-order valence-corrected chi connectivity index (χ1v) is 28.6. The standard InChI is InChI=1S/C12H24N4O14Si8/c1-31(13-9-17)21-32(2,14-10-18)24-36(6)27-35(5,23-31)29-37(7)25-33(3,15-11-19)22-34(4,16-12-20)26-38(8,28-37)30-36/h1-8H3. The van der Waals surface area contributed by atoms with Gasteiger partial charge in [0.2, 0.25) is 24.3 Å². The third-order valence-electron chi connectivity index (χ3n) is 4.73. The lowest BCUT2D eigenvalue weighted by atomic mass is 11.7. The van der Waals surface area contributed by atoms with Gasteiger partial charge in [-0.1, -0.05) is 0 Å². The van der Waals surface area contributed by atoms with Gasteiger partial charge in [0.25, 0.3) is 0 Å². The van der Waals surface area contributed by atoms with E-state index in [0.29, 0.717) is 0 Å². The van der Waals surface area contributed by atoms with Crippen LogP contribution in [0.25, 0.3) is 0 Å². The van der Waals surface area contributed by atoms with E-state index in [2.05, 4.69) is 18.6 Å². The smallest absolute Gasteiger partial charge is 0.380 e. The van der Waals surface area contributed by atoms with Gasteiger partial charge < -0.3 is 41.2 Å². The van der Waals surface area contributed by atoms with Crippen molar-refractivity contribution >= 4 is 94.4 Å². The summed E-state index contributed by atoms with van der Waals surface area (Å²) in [4.78, 5) is 45.1. The largest absolute Gasteiger partial charge is 0.475 e. The molecule has 38 heavy (non-hydrogen) atoms. The van der Waals surface area contributed by atoms with Crippen LogP contribution in [0, 0.1) is 0 Å². The highest BCUT2D eigenvalue weighted by molar-refractivity contribution is 6.98. The van der Waals surface area contributed by atoms with E-state index < -0.39 is 70.1 Å². The lowest BCUT2D eigenvalue weighted by Crippen LogP contribution is -2.78. The van der Waals surface area contributed by atoms with Crippen molar-refractivity contribution in [2.24, 2.45) is 18.6 Å². The fourth-order valence-electron chi connectivity index (χ4n) is 4.27. The second-order valence-corrected chi connectivity index (χ2v) is 32.0. The zero-order chi connectivity index (χ0) is 28.7. The molecule has 3 aliphatic rings. The van der Waals surface area contributed by atoms with Crippen molar-refractivity contribution in [3.63, 3.8) is 0 Å². The van der Waals surface area contributed by atoms with Crippen LogP contribution in [0.5, 0.6) is 0 Å². The second kappa shape index (κ2) is 10.4. The van der Waals surface area contributed by atoms with E-state index in [9.17, 15) is 19.2 Å². The Morgan fingerprint density at radius 3 is 0.684 bits per heavy atom. The Bertz CT molecular complexity index is 1030. The molecule has 18 nitrogen and oxygen atoms in total. The lowest BCUT2D eigenvalue weighted by molar-refractivity contribution is 0.0590. The fraction of sp³-hybridized carbons (Fsp3) is 0.667. The molecular formula is C12H24N4O14Si8. The molecule has 3 heterocycles. The molecule has 0 aliphatic carbocycles. The van der Waals surface area contributed by atoms with E-state index in [0.717, 1.165) is 0 Å². The predicted molar refractivity (Wildman–Crippen MR) is 136 cm³/mol. The van der Waals surface area contributed by atoms with Gasteiger partial charge in [0.1, 0.15) is 0 Å². The Kier molecular flexibility index (Phi) is 8.55. The molecule has 26 heteroatoms. The maximum atomic E-state index is 11.3. The van der Waals surface area contributed by atoms with Crippen molar-refractivity contribution in [2.45, 2.75) is 52.4 Å². The van der Waals surface area contributed by atoms with Gasteiger partial charge in [0.15, 0.2) is 0 Å². The normalized spacial score (nSPS) is 48.8. The van der Waals surface area contributed by atoms with Gasteiger partial charge in [-0.15, -0.1) is 0 Å². The van der Waals surface area contributed by atoms with Crippen molar-refractivity contribution in [2.75, 3.05) is 0 Å². The third-order valence-corrected chi connectivity index (χ3v) is 36.6. The Labute approximate surface area is 225 Å². The molecule has 0 saturated carbocycles. The summed E-state index contributed by atoms with van der Waals surface area (Å²) in [5, 5.41) is 0. The monoisotopic (exact) mass is 672 g/mol. The van der Waals surface area contributed by atoms with Crippen molar-refractivity contribution < 1.29 is 60.3 Å². The van der Waals surface area contributed by atoms with E-state index in [1.807, 2.05) is 0 Å². The summed E-state index contributed by atoms with van der Waals surface area (Å²) in [5.74, 6) is 0. The Hall–Kier alpha value is -1.14. The molecule has 3 fully saturated rings. The summed E-state index contributed by atoms with van der Waals surface area (Å²) in [7, 11) is -32.0. The second-order valence-electron chi connectivity index (χ2n) is 8.87. The van der Waals surface area contributed by atoms with E-state index in [-0.39, 0.29) is 0 Å². The Morgan fingerprint density at radius 1 is 0.342 bits per heavy atom. The molecule has 3 aliphatic heterocycles. The lowest BCUT2D eigenvalue weighted by Gasteiger charge is -2.53. The molecule has 0 radical (unpaired) electrons. The minimum Gasteiger partial charge on any atom is -0.380 e. The molecule has 4 unspecified atom stereocenters. The number of nitrogens with zero attached hydrogens (tertiary/aromatic N) is 4. The first-order chi connectivity index (χ1) is 17.3. The summed E-state index contributed by atoms with van der Waals surface area (Å²) in [6.45, 7) is 11.3. The van der Waals surface area contributed by atoms with Crippen molar-refractivity contribution in [3.05, 3.63) is 0 Å². The van der Waals surface area contributed by atoms with Gasteiger partial charge in [-0.3, -0.25) is 0 Å². The van der Waals surface area contributed by atoms with Crippen LogP contribution < -0.4 is 0 Å². The Morgan fingerprint density at radius 2 is 0.526 bits per heavy atom. The molecule has 0 aromatic rings. The molecule has 4 atom stereocenters. The number of hydrogen-bond donors (Lipinski definition) is 0. The van der Waals surface area contributed by atoms with E-state index in [4.69, 9.17) is 41.2 Å². The number of fused-ring (bicyclic) bond motifs is 4. The SMILES string of the molecule is C[Si]1(N=C=O)O[Si](C)(N=C=O)O[Si]2(C)O[Si](C)(O1)O[Si]1(C)O[Si](C)(N=C=O)O[Si](C)(N=C=O)O[Si](C)(O1)O2. The van der Waals surface area contributed by atoms with Crippen LogP contribution in [0.3, 0.4) is 0 Å². The molecule has 4 bridgehead atoms. The van der Waals surface area contributed by atoms with Gasteiger partial charge in [0, 0.05) is 52.4 Å². The quantitative estimate of drug-likeness (QED) is 0.220. The van der Waals surface area contributed by atoms with Crippen molar-refractivity contribution in [1.29, 1.82) is 0 Å². The summed E-state index contributed by atoms with van der Waals surface area (Å²) >= 11 is 0. The predicted octanol–water partition coefficient (Wildman–Crippen LogP) is 0.0860. The zero-order valence-corrected chi connectivity index (χ0v) is 29.5. The molecule has 0 N–H and O–H groups in total. The molecular weight excluding hydrogens is 649 g/mol. The molecule has 208 valence electrons. The van der Waals surface area contributed by atoms with Crippen molar-refractivity contribution in [3.8, 4) is 0 Å². The average molecular weight is 673 g/mol. The molecule has 0 aromatic heterocycles. The topological polar surface area (TPSA) is 210 Å². The van der Waals surface area contributed by atoms with E-state index in [1.165, 1.54) is 76.7 Å². The third kappa shape index (κ3) is 7.13. The fourth-order valence-corrected chi connectivity index (χ4v) is 42.5. The highest BCUT2D eigenvalue weighted by Crippen LogP contribution is 2.42. The van der Waals surface area contributed by atoms with E-state index in [1.54, 1.807) is 0 Å². The Balaban J connectivity index is 2.25. The van der Waals surface area contributed by atoms with Gasteiger partial charge in [-0.2, -0.15) is 18.6 Å². The number of hydrogen-bond acceptors (Lipinski definition) is 18. The summed E-state index contributed by atoms with van der Waals surface area (Å²) in [6, 6.07) is 0. The van der Waals surface area contributed by atoms with Crippen LogP contribution in [0.4, 0.5) is 0 Å². The average Bonchev–Trinajstić information content (AvgIpc) is 2.62. The van der Waals surface area contributed by atoms with Crippen LogP contribution in [-0.4, -0.2) is 94.4 Å². The van der Waals surface area contributed by atoms with Gasteiger partial charge in [-0.05, 0) is 0 Å². The highest BCUT2D eigenvalue weighted by atomic mass is 28.6. The first-order valence-electron chi connectivity index (χ1n) is 10.7. The minimum atomic E-state index is -4.05. The van der Waals surface area contributed by atoms with Crippen LogP contribution in [0.15, 0.2) is 18.6 Å². The van der Waals surface area contributed by atoms with Crippen LogP contribution >= 0.6 is 0 Å². The maximum absolute atomic E-state index is 11.3. The van der Waals surface area contributed by atoms with E-state index >= 15 is 0 Å². The van der Waals surface area contributed by atoms with Crippen molar-refractivity contribution in [1.82, 2.24) is 0 Å². The summed E-state index contributed by atoms with van der Waals surface area (Å²) < 4.78 is 76.6. The van der Waals surface area contributed by atoms with Gasteiger partial charge in [0.05, 0.1) is 0 Å². The zero-order valence-electron chi connectivity index (χ0n) is 21.5. The van der Waals surface area contributed by atoms with Gasteiger partial charge >= 0.3 is 70.1 Å². The molecule has 3 saturated heterocycles. The summed E-state index contributed by atoms with van der Waals surface area (Å²) in [5.41, 5.74) is 0. The van der Waals surface area contributed by atoms with Gasteiger partial charge in [-0.25, -0.2) is 19.2 Å². The number of rotatable bonds is 4. The van der Waals surface area contributed by atoms with Crippen LogP contribution in [0.2, 0.25) is 52.4 Å². The van der Waals surface area contributed by atoms with Crippen LogP contribution in [0.1, 0.15) is 0 Å². The maximum Gasteiger partial charge on any atom is 0.475 e. The number of carbonyl (C=O) groups excluding carboxylic acids is 4. The molecule has 0 aromatic carbocycles. The molecule has 0 amide bonds. The van der Waals surface area contributed by atoms with Crippen LogP contribution in [-0.2, 0) is 60.3 Å². The number of isocyanates is 4. The minimum absolute atomic E-state index is 1.38.